The summed E-state index contributed by atoms with van der Waals surface area (Å²) in [6.07, 6.45) is 6.76. The quantitative estimate of drug-likeness (QED) is 0.250. The number of imidazole rings is 1. The Labute approximate surface area is 239 Å². The first-order chi connectivity index (χ1) is 19.9. The summed E-state index contributed by atoms with van der Waals surface area (Å²) in [7, 11) is 0. The Balaban J connectivity index is 0.000000326. The molecule has 0 spiro atoms. The number of hydrogen-bond donors (Lipinski definition) is 3. The predicted octanol–water partition coefficient (Wildman–Crippen LogP) is 3.97. The van der Waals surface area contributed by atoms with Gasteiger partial charge < -0.3 is 16.4 Å². The molecule has 41 heavy (non-hydrogen) atoms. The molecule has 0 saturated carbocycles. The van der Waals surface area contributed by atoms with Gasteiger partial charge in [0, 0.05) is 37.0 Å². The normalized spacial score (nSPS) is 11.3. The highest BCUT2D eigenvalue weighted by Crippen LogP contribution is 2.16. The Bertz CT molecular complexity index is 1360. The van der Waals surface area contributed by atoms with Gasteiger partial charge in [0.2, 0.25) is 17.7 Å². The molecule has 2 atom stereocenters. The highest BCUT2D eigenvalue weighted by Gasteiger charge is 2.26. The fourth-order valence-corrected chi connectivity index (χ4v) is 3.60. The van der Waals surface area contributed by atoms with Gasteiger partial charge in [0.1, 0.15) is 12.1 Å². The van der Waals surface area contributed by atoms with Crippen molar-refractivity contribution in [3.05, 3.63) is 114 Å². The summed E-state index contributed by atoms with van der Waals surface area (Å²) < 4.78 is 1.20. The number of nitrogens with one attached hydrogen (secondary N) is 2. The molecule has 3 amide bonds. The molecule has 0 saturated heterocycles. The van der Waals surface area contributed by atoms with E-state index < -0.39 is 23.9 Å². The molecule has 0 fully saturated rings. The number of nitrogens with zero attached hydrogens (tertiary/aromatic N) is 4. The molecule has 4 N–H and O–H groups in total. The molecule has 0 aliphatic heterocycles. The molecular weight excluding hydrogens is 522 g/mol. The van der Waals surface area contributed by atoms with Crippen molar-refractivity contribution in [2.75, 3.05) is 0 Å². The van der Waals surface area contributed by atoms with Gasteiger partial charge in [0.15, 0.2) is 5.82 Å². The van der Waals surface area contributed by atoms with Crippen LogP contribution in [0, 0.1) is 4.91 Å². The Morgan fingerprint density at radius 3 is 2.15 bits per heavy atom. The molecule has 0 bridgehead atoms. The summed E-state index contributed by atoms with van der Waals surface area (Å²) in [6, 6.07) is 20.0. The van der Waals surface area contributed by atoms with E-state index in [4.69, 9.17) is 5.73 Å². The average molecular weight is 558 g/mol. The van der Waals surface area contributed by atoms with Crippen molar-refractivity contribution in [1.29, 1.82) is 0 Å². The molecule has 2 aromatic carbocycles. The maximum atomic E-state index is 12.8. The van der Waals surface area contributed by atoms with Crippen LogP contribution >= 0.6 is 0 Å². The molecule has 11 nitrogen and oxygen atoms in total. The fraction of sp³-hybridized carbons (Fsp3) is 0.233. The molecule has 11 heteroatoms. The Kier molecular flexibility index (Phi) is 13.6. The zero-order valence-electron chi connectivity index (χ0n) is 23.3. The Hall–Kier alpha value is -5.19. The van der Waals surface area contributed by atoms with Gasteiger partial charge >= 0.3 is 0 Å². The lowest BCUT2D eigenvalue weighted by Gasteiger charge is -2.22. The molecule has 214 valence electrons. The number of carbonyl (C=O) groups is 3. The van der Waals surface area contributed by atoms with Crippen molar-refractivity contribution in [1.82, 2.24) is 25.3 Å². The van der Waals surface area contributed by atoms with Crippen LogP contribution in [0.4, 0.5) is 0 Å². The average Bonchev–Trinajstić information content (AvgIpc) is 3.51. The molecule has 2 heterocycles. The number of nitroso groups, excluding NO2 is 1. The largest absolute Gasteiger partial charge is 0.368 e. The summed E-state index contributed by atoms with van der Waals surface area (Å²) in [5.74, 6) is -0.853. The third-order valence-corrected chi connectivity index (χ3v) is 5.59. The van der Waals surface area contributed by atoms with Crippen molar-refractivity contribution in [2.45, 2.75) is 45.7 Å². The zero-order chi connectivity index (χ0) is 30.0. The van der Waals surface area contributed by atoms with Gasteiger partial charge in [0.25, 0.3) is 0 Å². The standard InChI is InChI=1S/C19H22N4O3.C9H7N3O.C2H6/c1-2-16(24)23-17(14-8-4-3-5-9-14)19(26)22-15(18(20)25)11-13-7-6-10-21-12-13;13-11-12-7-6-10-9(12)8-4-2-1-3-5-8;1-2/h3-10,12,15,17H,2,11H2,1H3,(H2,20,25)(H,22,26)(H,23,24);1-7H;1-2H3. The van der Waals surface area contributed by atoms with E-state index in [2.05, 4.69) is 25.9 Å². The maximum Gasteiger partial charge on any atom is 0.247 e. The van der Waals surface area contributed by atoms with E-state index in [1.165, 1.54) is 10.9 Å². The van der Waals surface area contributed by atoms with Gasteiger partial charge in [-0.25, -0.2) is 4.98 Å². The van der Waals surface area contributed by atoms with E-state index in [-0.39, 0.29) is 18.7 Å². The lowest BCUT2D eigenvalue weighted by Crippen LogP contribution is -2.50. The fourth-order valence-electron chi connectivity index (χ4n) is 3.60. The smallest absolute Gasteiger partial charge is 0.247 e. The third kappa shape index (κ3) is 10.1. The second kappa shape index (κ2) is 17.4. The van der Waals surface area contributed by atoms with Crippen LogP contribution in [0.25, 0.3) is 11.4 Å². The van der Waals surface area contributed by atoms with E-state index in [0.717, 1.165) is 11.1 Å². The second-order valence-electron chi connectivity index (χ2n) is 8.34. The van der Waals surface area contributed by atoms with E-state index in [9.17, 15) is 19.3 Å². The third-order valence-electron chi connectivity index (χ3n) is 5.59. The van der Waals surface area contributed by atoms with Crippen molar-refractivity contribution in [3.8, 4) is 11.4 Å². The molecule has 4 aromatic rings. The topological polar surface area (TPSA) is 161 Å². The SMILES string of the molecule is CC.CCC(=O)NC(C(=O)NC(Cc1cccnc1)C(N)=O)c1ccccc1.O=Nn1ccnc1-c1ccccc1. The van der Waals surface area contributed by atoms with E-state index in [1.807, 2.05) is 50.2 Å². The lowest BCUT2D eigenvalue weighted by molar-refractivity contribution is -0.131. The first-order valence-corrected chi connectivity index (χ1v) is 13.2. The minimum Gasteiger partial charge on any atom is -0.368 e. The number of amides is 3. The molecule has 0 radical (unpaired) electrons. The van der Waals surface area contributed by atoms with Gasteiger partial charge in [-0.1, -0.05) is 87.5 Å². The number of aromatic nitrogens is 3. The van der Waals surface area contributed by atoms with Gasteiger partial charge in [-0.3, -0.25) is 19.4 Å². The van der Waals surface area contributed by atoms with Crippen LogP contribution in [0.5, 0.6) is 0 Å². The van der Waals surface area contributed by atoms with Crippen LogP contribution in [0.3, 0.4) is 0 Å². The number of rotatable bonds is 10. The lowest BCUT2D eigenvalue weighted by atomic mass is 10.0. The molecule has 4 rings (SSSR count). The first kappa shape index (κ1) is 32.0. The minimum atomic E-state index is -0.906. The molecule has 2 unspecified atom stereocenters. The van der Waals surface area contributed by atoms with E-state index in [1.54, 1.807) is 61.9 Å². The van der Waals surface area contributed by atoms with Crippen LogP contribution in [0.1, 0.15) is 44.4 Å². The summed E-state index contributed by atoms with van der Waals surface area (Å²) in [5, 5.41) is 8.12. The molecule has 0 aliphatic rings. The van der Waals surface area contributed by atoms with E-state index >= 15 is 0 Å². The number of hydrogen-bond acceptors (Lipinski definition) is 7. The number of pyridine rings is 1. The van der Waals surface area contributed by atoms with Crippen LogP contribution < -0.4 is 16.4 Å². The monoisotopic (exact) mass is 557 g/mol. The molecule has 2 aromatic heterocycles. The van der Waals surface area contributed by atoms with Crippen LogP contribution in [0.2, 0.25) is 0 Å². The van der Waals surface area contributed by atoms with Crippen molar-refractivity contribution in [3.63, 3.8) is 0 Å². The number of nitrogens with two attached hydrogens (primary N) is 1. The highest BCUT2D eigenvalue weighted by molar-refractivity contribution is 5.92. The van der Waals surface area contributed by atoms with Crippen LogP contribution in [-0.4, -0.2) is 38.4 Å². The van der Waals surface area contributed by atoms with Crippen molar-refractivity contribution in [2.24, 2.45) is 11.0 Å². The Morgan fingerprint density at radius 1 is 0.927 bits per heavy atom. The summed E-state index contributed by atoms with van der Waals surface area (Å²) >= 11 is 0. The maximum absolute atomic E-state index is 12.8. The van der Waals surface area contributed by atoms with Gasteiger partial charge in [0.05, 0.1) is 11.5 Å². The minimum absolute atomic E-state index is 0.220. The predicted molar refractivity (Wildman–Crippen MR) is 157 cm³/mol. The molecule has 0 aliphatic carbocycles. The van der Waals surface area contributed by atoms with Crippen LogP contribution in [0.15, 0.2) is 103 Å². The van der Waals surface area contributed by atoms with Gasteiger partial charge in [-0.05, 0) is 17.2 Å². The number of benzene rings is 2. The summed E-state index contributed by atoms with van der Waals surface area (Å²) in [5.41, 5.74) is 7.71. The van der Waals surface area contributed by atoms with Gasteiger partial charge in [-0.2, -0.15) is 4.68 Å². The molecular formula is C30H35N7O4. The summed E-state index contributed by atoms with van der Waals surface area (Å²) in [6.45, 7) is 5.70. The first-order valence-electron chi connectivity index (χ1n) is 13.2. The van der Waals surface area contributed by atoms with E-state index in [0.29, 0.717) is 11.4 Å². The van der Waals surface area contributed by atoms with Gasteiger partial charge in [-0.15, -0.1) is 4.91 Å². The number of primary amides is 1. The van der Waals surface area contributed by atoms with Crippen LogP contribution in [-0.2, 0) is 20.8 Å². The zero-order valence-corrected chi connectivity index (χ0v) is 23.3. The van der Waals surface area contributed by atoms with Crippen molar-refractivity contribution < 1.29 is 14.4 Å². The second-order valence-corrected chi connectivity index (χ2v) is 8.34. The Morgan fingerprint density at radius 2 is 1.59 bits per heavy atom. The highest BCUT2D eigenvalue weighted by atomic mass is 16.3. The van der Waals surface area contributed by atoms with Crippen molar-refractivity contribution >= 4 is 17.7 Å². The number of carbonyl (C=O) groups excluding carboxylic acids is 3. The summed E-state index contributed by atoms with van der Waals surface area (Å²) in [4.78, 5) is 54.7.